The topological polar surface area (TPSA) is 43.4 Å². The van der Waals surface area contributed by atoms with E-state index >= 15 is 0 Å². The molecule has 0 fully saturated rings. The molecule has 0 atom stereocenters. The van der Waals surface area contributed by atoms with Crippen LogP contribution in [0.4, 0.5) is 0 Å². The first kappa shape index (κ1) is 19.4. The molecular formula is C21H24O3Sn. The zero-order valence-corrected chi connectivity index (χ0v) is 18.1. The van der Waals surface area contributed by atoms with Crippen LogP contribution in [0.3, 0.4) is 0 Å². The Bertz CT molecular complexity index is 772. The van der Waals surface area contributed by atoms with Crippen LogP contribution in [0.1, 0.15) is 22.8 Å². The first-order valence-corrected chi connectivity index (χ1v) is 18.4. The van der Waals surface area contributed by atoms with Crippen molar-refractivity contribution in [1.29, 1.82) is 0 Å². The molecule has 0 bridgehead atoms. The van der Waals surface area contributed by atoms with Gasteiger partial charge >= 0.3 is 154 Å². The molecule has 2 rings (SSSR count). The first-order valence-electron chi connectivity index (χ1n) is 8.43. The van der Waals surface area contributed by atoms with E-state index in [1.54, 1.807) is 19.1 Å². The summed E-state index contributed by atoms with van der Waals surface area (Å²) in [6, 6.07) is 18.5. The molecule has 0 N–H and O–H groups in total. The van der Waals surface area contributed by atoms with Crippen molar-refractivity contribution in [1.82, 2.24) is 0 Å². The van der Waals surface area contributed by atoms with Gasteiger partial charge in [-0.15, -0.1) is 0 Å². The molecule has 0 aromatic heterocycles. The van der Waals surface area contributed by atoms with Gasteiger partial charge in [-0.1, -0.05) is 0 Å². The van der Waals surface area contributed by atoms with E-state index in [1.165, 1.54) is 0 Å². The SMILES string of the molecule is CCOC(=O)/[C](=C(/C(=O)c1ccccc1)c1ccccc1)[Sn]([CH3])([CH3])[CH3]. The van der Waals surface area contributed by atoms with Crippen molar-refractivity contribution in [2.45, 2.75) is 21.7 Å². The summed E-state index contributed by atoms with van der Waals surface area (Å²) in [5.41, 5.74) is 1.85. The van der Waals surface area contributed by atoms with Gasteiger partial charge in [0.1, 0.15) is 0 Å². The predicted molar refractivity (Wildman–Crippen MR) is 104 cm³/mol. The molecule has 0 saturated heterocycles. The van der Waals surface area contributed by atoms with E-state index in [-0.39, 0.29) is 11.8 Å². The predicted octanol–water partition coefficient (Wildman–Crippen LogP) is 4.76. The molecule has 0 heterocycles. The molecule has 0 aliphatic rings. The normalized spacial score (nSPS) is 12.3. The molecule has 0 aliphatic heterocycles. The Morgan fingerprint density at radius 3 is 1.76 bits per heavy atom. The second-order valence-corrected chi connectivity index (χ2v) is 21.1. The summed E-state index contributed by atoms with van der Waals surface area (Å²) in [6.45, 7) is 2.08. The van der Waals surface area contributed by atoms with E-state index in [4.69, 9.17) is 4.74 Å². The van der Waals surface area contributed by atoms with Gasteiger partial charge in [-0.05, 0) is 0 Å². The Kier molecular flexibility index (Phi) is 6.59. The Morgan fingerprint density at radius 1 is 0.840 bits per heavy atom. The van der Waals surface area contributed by atoms with Gasteiger partial charge in [-0.3, -0.25) is 0 Å². The number of esters is 1. The summed E-state index contributed by atoms with van der Waals surface area (Å²) < 4.78 is 5.93. The Hall–Kier alpha value is -1.88. The zero-order chi connectivity index (χ0) is 18.4. The van der Waals surface area contributed by atoms with E-state index in [1.807, 2.05) is 48.5 Å². The number of ether oxygens (including phenoxy) is 1. The van der Waals surface area contributed by atoms with Crippen LogP contribution in [0.25, 0.3) is 5.57 Å². The fraction of sp³-hybridized carbons (Fsp3) is 0.238. The number of ketones is 1. The molecule has 0 saturated carbocycles. The van der Waals surface area contributed by atoms with Gasteiger partial charge in [0.2, 0.25) is 0 Å². The van der Waals surface area contributed by atoms with Gasteiger partial charge in [0.05, 0.1) is 0 Å². The van der Waals surface area contributed by atoms with Crippen molar-refractivity contribution in [3.05, 3.63) is 75.4 Å². The molecule has 0 unspecified atom stereocenters. The van der Waals surface area contributed by atoms with Crippen molar-refractivity contribution in [2.75, 3.05) is 6.61 Å². The van der Waals surface area contributed by atoms with Crippen LogP contribution in [0.5, 0.6) is 0 Å². The maximum atomic E-state index is 13.3. The van der Waals surface area contributed by atoms with E-state index in [0.29, 0.717) is 21.3 Å². The van der Waals surface area contributed by atoms with Crippen LogP contribution >= 0.6 is 0 Å². The third-order valence-electron chi connectivity index (χ3n) is 3.81. The molecule has 25 heavy (non-hydrogen) atoms. The second-order valence-electron chi connectivity index (χ2n) is 6.78. The van der Waals surface area contributed by atoms with E-state index in [9.17, 15) is 9.59 Å². The first-order chi connectivity index (χ1) is 11.9. The van der Waals surface area contributed by atoms with Gasteiger partial charge in [0.15, 0.2) is 0 Å². The number of benzene rings is 2. The van der Waals surface area contributed by atoms with Crippen molar-refractivity contribution >= 4 is 35.7 Å². The Morgan fingerprint density at radius 2 is 1.32 bits per heavy atom. The van der Waals surface area contributed by atoms with Gasteiger partial charge in [-0.2, -0.15) is 0 Å². The second kappa shape index (κ2) is 8.47. The van der Waals surface area contributed by atoms with Gasteiger partial charge in [-0.25, -0.2) is 0 Å². The number of hydrogen-bond acceptors (Lipinski definition) is 3. The summed E-state index contributed by atoms with van der Waals surface area (Å²) in [5, 5.41) is 0. The quantitative estimate of drug-likeness (QED) is 0.280. The number of carbonyl (C=O) groups is 2. The molecule has 3 nitrogen and oxygen atoms in total. The fourth-order valence-electron chi connectivity index (χ4n) is 2.71. The van der Waals surface area contributed by atoms with E-state index in [2.05, 4.69) is 14.8 Å². The van der Waals surface area contributed by atoms with Crippen LogP contribution in [0, 0.1) is 0 Å². The van der Waals surface area contributed by atoms with Crippen LogP contribution in [-0.4, -0.2) is 36.7 Å². The molecular weight excluding hydrogens is 419 g/mol. The Balaban J connectivity index is 2.76. The fourth-order valence-corrected chi connectivity index (χ4v) is 7.54. The molecule has 0 aliphatic carbocycles. The number of hydrogen-bond donors (Lipinski definition) is 0. The number of allylic oxidation sites excluding steroid dienone is 1. The number of rotatable bonds is 6. The van der Waals surface area contributed by atoms with Crippen LogP contribution in [0.2, 0.25) is 14.8 Å². The monoisotopic (exact) mass is 444 g/mol. The van der Waals surface area contributed by atoms with Crippen LogP contribution in [-0.2, 0) is 9.53 Å². The third kappa shape index (κ3) is 4.82. The van der Waals surface area contributed by atoms with Gasteiger partial charge < -0.3 is 0 Å². The summed E-state index contributed by atoms with van der Waals surface area (Å²) in [6.07, 6.45) is 0. The molecule has 130 valence electrons. The van der Waals surface area contributed by atoms with Crippen LogP contribution < -0.4 is 0 Å². The van der Waals surface area contributed by atoms with Gasteiger partial charge in [0.25, 0.3) is 0 Å². The third-order valence-corrected chi connectivity index (χ3v) is 9.38. The average Bonchev–Trinajstić information content (AvgIpc) is 2.59. The Labute approximate surface area is 153 Å². The molecule has 0 spiro atoms. The van der Waals surface area contributed by atoms with Crippen molar-refractivity contribution in [2.24, 2.45) is 0 Å². The minimum absolute atomic E-state index is 0.124. The summed E-state index contributed by atoms with van der Waals surface area (Å²) in [4.78, 5) is 32.5. The van der Waals surface area contributed by atoms with Gasteiger partial charge in [0, 0.05) is 0 Å². The molecule has 2 aromatic carbocycles. The molecule has 2 aromatic rings. The summed E-state index contributed by atoms with van der Waals surface area (Å²) in [7, 11) is 0. The van der Waals surface area contributed by atoms with Crippen molar-refractivity contribution in [3.63, 3.8) is 0 Å². The minimum atomic E-state index is -2.97. The standard InChI is InChI=1S/C18H15O3.3CH3.Sn/c1-2-21-17(19)13-16(14-9-5-3-6-10-14)18(20)15-11-7-4-8-12-15;;;;/h3-12H,2H2,1H3;3*1H3;. The summed E-state index contributed by atoms with van der Waals surface area (Å²) in [5.74, 6) is -0.476. The van der Waals surface area contributed by atoms with E-state index in [0.717, 1.165) is 5.56 Å². The van der Waals surface area contributed by atoms with Crippen molar-refractivity contribution < 1.29 is 14.3 Å². The number of Topliss-reactive ketones (excluding diaryl/α,β-unsaturated/α-hetero) is 1. The zero-order valence-electron chi connectivity index (χ0n) is 15.2. The average molecular weight is 443 g/mol. The number of carbonyl (C=O) groups excluding carboxylic acids is 2. The molecule has 0 amide bonds. The van der Waals surface area contributed by atoms with Crippen LogP contribution in [0.15, 0.2) is 64.3 Å². The molecule has 0 radical (unpaired) electrons. The molecule has 4 heteroatoms. The maximum absolute atomic E-state index is 13.3. The van der Waals surface area contributed by atoms with Crippen molar-refractivity contribution in [3.8, 4) is 0 Å². The summed E-state index contributed by atoms with van der Waals surface area (Å²) >= 11 is -2.97. The van der Waals surface area contributed by atoms with E-state index < -0.39 is 18.4 Å².